The second-order valence-corrected chi connectivity index (χ2v) is 2.94. The highest BCUT2D eigenvalue weighted by atomic mass is 19.1. The third kappa shape index (κ3) is 2.62. The van der Waals surface area contributed by atoms with Crippen LogP contribution < -0.4 is 0 Å². The number of halogens is 2. The average Bonchev–Trinajstić information content (AvgIpc) is 2.26. The monoisotopic (exact) mass is 212 g/mol. The number of allylic oxidation sites excluding steroid dienone is 1. The van der Waals surface area contributed by atoms with Crippen molar-refractivity contribution in [3.8, 4) is 0 Å². The lowest BCUT2D eigenvalue weighted by Gasteiger charge is -2.03. The summed E-state index contributed by atoms with van der Waals surface area (Å²) in [5.74, 6) is -2.55. The van der Waals surface area contributed by atoms with E-state index in [1.165, 1.54) is 25.1 Å². The van der Waals surface area contributed by atoms with Crippen molar-refractivity contribution in [2.75, 3.05) is 7.11 Å². The van der Waals surface area contributed by atoms with Crippen molar-refractivity contribution < 1.29 is 18.3 Å². The number of hydrogen-bond acceptors (Lipinski definition) is 2. The van der Waals surface area contributed by atoms with Gasteiger partial charge in [-0.05, 0) is 30.2 Å². The molecule has 0 atom stereocenters. The second kappa shape index (κ2) is 4.68. The van der Waals surface area contributed by atoms with Crippen molar-refractivity contribution in [3.05, 3.63) is 41.5 Å². The molecule has 0 radical (unpaired) electrons. The van der Waals surface area contributed by atoms with Crippen LogP contribution in [-0.2, 0) is 9.53 Å². The molecule has 1 aromatic carbocycles. The molecule has 0 aliphatic carbocycles. The first-order valence-corrected chi connectivity index (χ1v) is 4.27. The third-order valence-electron chi connectivity index (χ3n) is 1.95. The normalized spacial score (nSPS) is 12.0. The Morgan fingerprint density at radius 3 is 2.60 bits per heavy atom. The molecule has 0 spiro atoms. The lowest BCUT2D eigenvalue weighted by atomic mass is 10.1. The summed E-state index contributed by atoms with van der Waals surface area (Å²) in [6, 6.07) is 5.35. The molecule has 15 heavy (non-hydrogen) atoms. The van der Waals surface area contributed by atoms with E-state index in [0.29, 0.717) is 5.56 Å². The van der Waals surface area contributed by atoms with Crippen molar-refractivity contribution in [1.82, 2.24) is 0 Å². The molecule has 0 aromatic heterocycles. The Morgan fingerprint density at radius 2 is 2.07 bits per heavy atom. The van der Waals surface area contributed by atoms with Crippen molar-refractivity contribution in [2.24, 2.45) is 0 Å². The standard InChI is InChI=1S/C11H10F2O2/c1-7(10(13)11(14)15-2)8-4-3-5-9(12)6-8/h3-6H,1-2H3/b10-7-. The molecule has 1 aromatic rings. The van der Waals surface area contributed by atoms with E-state index in [9.17, 15) is 13.6 Å². The zero-order valence-electron chi connectivity index (χ0n) is 8.38. The van der Waals surface area contributed by atoms with Crippen molar-refractivity contribution in [2.45, 2.75) is 6.92 Å². The maximum atomic E-state index is 13.3. The summed E-state index contributed by atoms with van der Waals surface area (Å²) in [7, 11) is 1.08. The molecule has 0 amide bonds. The number of carbonyl (C=O) groups excluding carboxylic acids is 1. The molecule has 0 aliphatic heterocycles. The number of esters is 1. The topological polar surface area (TPSA) is 26.3 Å². The van der Waals surface area contributed by atoms with Crippen LogP contribution in [0.4, 0.5) is 8.78 Å². The van der Waals surface area contributed by atoms with E-state index in [0.717, 1.165) is 13.2 Å². The summed E-state index contributed by atoms with van der Waals surface area (Å²) >= 11 is 0. The van der Waals surface area contributed by atoms with Crippen LogP contribution in [0, 0.1) is 5.82 Å². The van der Waals surface area contributed by atoms with Gasteiger partial charge in [0.1, 0.15) is 5.82 Å². The van der Waals surface area contributed by atoms with E-state index in [-0.39, 0.29) is 5.57 Å². The number of rotatable bonds is 2. The first-order valence-electron chi connectivity index (χ1n) is 4.27. The summed E-state index contributed by atoms with van der Waals surface area (Å²) < 4.78 is 30.3. The Bertz CT molecular complexity index is 411. The molecule has 80 valence electrons. The molecule has 0 saturated heterocycles. The lowest BCUT2D eigenvalue weighted by molar-refractivity contribution is -0.137. The van der Waals surface area contributed by atoms with Crippen LogP contribution in [-0.4, -0.2) is 13.1 Å². The van der Waals surface area contributed by atoms with E-state index in [1.54, 1.807) is 0 Å². The number of hydrogen-bond donors (Lipinski definition) is 0. The van der Waals surface area contributed by atoms with Crippen LogP contribution in [0.25, 0.3) is 5.57 Å². The minimum absolute atomic E-state index is 0.0568. The summed E-state index contributed by atoms with van der Waals surface area (Å²) in [6.45, 7) is 1.39. The summed E-state index contributed by atoms with van der Waals surface area (Å²) in [4.78, 5) is 10.9. The van der Waals surface area contributed by atoms with Crippen LogP contribution >= 0.6 is 0 Å². The Labute approximate surface area is 86.2 Å². The van der Waals surface area contributed by atoms with Gasteiger partial charge in [0.2, 0.25) is 5.83 Å². The van der Waals surface area contributed by atoms with Gasteiger partial charge in [0.05, 0.1) is 7.11 Å². The summed E-state index contributed by atoms with van der Waals surface area (Å²) in [5.41, 5.74) is 0.374. The summed E-state index contributed by atoms with van der Waals surface area (Å²) in [6.07, 6.45) is 0. The highest BCUT2D eigenvalue weighted by molar-refractivity contribution is 5.94. The van der Waals surface area contributed by atoms with Gasteiger partial charge in [-0.25, -0.2) is 9.18 Å². The Morgan fingerprint density at radius 1 is 1.40 bits per heavy atom. The van der Waals surface area contributed by atoms with Crippen LogP contribution in [0.1, 0.15) is 12.5 Å². The van der Waals surface area contributed by atoms with Gasteiger partial charge in [-0.2, -0.15) is 4.39 Å². The van der Waals surface area contributed by atoms with Crippen molar-refractivity contribution >= 4 is 11.5 Å². The second-order valence-electron chi connectivity index (χ2n) is 2.94. The van der Waals surface area contributed by atoms with Gasteiger partial charge in [0.25, 0.3) is 0 Å². The molecule has 2 nitrogen and oxygen atoms in total. The quantitative estimate of drug-likeness (QED) is 0.556. The fourth-order valence-corrected chi connectivity index (χ4v) is 1.09. The fourth-order valence-electron chi connectivity index (χ4n) is 1.09. The molecular weight excluding hydrogens is 202 g/mol. The number of benzene rings is 1. The highest BCUT2D eigenvalue weighted by Crippen LogP contribution is 2.20. The summed E-state index contributed by atoms with van der Waals surface area (Å²) in [5, 5.41) is 0. The zero-order chi connectivity index (χ0) is 11.4. The molecule has 0 heterocycles. The number of methoxy groups -OCH3 is 1. The van der Waals surface area contributed by atoms with E-state index < -0.39 is 17.6 Å². The first kappa shape index (κ1) is 11.4. The molecule has 0 bridgehead atoms. The minimum atomic E-state index is -1.06. The van der Waals surface area contributed by atoms with Gasteiger partial charge in [0.15, 0.2) is 0 Å². The van der Waals surface area contributed by atoms with E-state index >= 15 is 0 Å². The largest absolute Gasteiger partial charge is 0.464 e. The van der Waals surface area contributed by atoms with Crippen molar-refractivity contribution in [3.63, 3.8) is 0 Å². The lowest BCUT2D eigenvalue weighted by Crippen LogP contribution is -2.02. The molecule has 0 N–H and O–H groups in total. The first-order chi connectivity index (χ1) is 7.06. The van der Waals surface area contributed by atoms with Crippen LogP contribution in [0.3, 0.4) is 0 Å². The van der Waals surface area contributed by atoms with Crippen LogP contribution in [0.2, 0.25) is 0 Å². The predicted octanol–water partition coefficient (Wildman–Crippen LogP) is 2.70. The van der Waals surface area contributed by atoms with Gasteiger partial charge in [-0.15, -0.1) is 0 Å². The molecule has 1 rings (SSSR count). The number of ether oxygens (including phenoxy) is 1. The maximum absolute atomic E-state index is 13.3. The fraction of sp³-hybridized carbons (Fsp3) is 0.182. The minimum Gasteiger partial charge on any atom is -0.464 e. The smallest absolute Gasteiger partial charge is 0.367 e. The van der Waals surface area contributed by atoms with Crippen LogP contribution in [0.15, 0.2) is 30.1 Å². The third-order valence-corrected chi connectivity index (χ3v) is 1.95. The van der Waals surface area contributed by atoms with E-state index in [1.807, 2.05) is 0 Å². The van der Waals surface area contributed by atoms with E-state index in [4.69, 9.17) is 0 Å². The number of carbonyl (C=O) groups is 1. The molecule has 0 unspecified atom stereocenters. The Hall–Kier alpha value is -1.71. The molecule has 0 fully saturated rings. The Balaban J connectivity index is 3.13. The molecular formula is C11H10F2O2. The molecule has 0 aliphatic rings. The average molecular weight is 212 g/mol. The van der Waals surface area contributed by atoms with Crippen LogP contribution in [0.5, 0.6) is 0 Å². The van der Waals surface area contributed by atoms with Crippen molar-refractivity contribution in [1.29, 1.82) is 0 Å². The maximum Gasteiger partial charge on any atom is 0.367 e. The Kier molecular flexibility index (Phi) is 3.55. The van der Waals surface area contributed by atoms with E-state index in [2.05, 4.69) is 4.74 Å². The molecule has 4 heteroatoms. The van der Waals surface area contributed by atoms with Gasteiger partial charge >= 0.3 is 5.97 Å². The van der Waals surface area contributed by atoms with Gasteiger partial charge < -0.3 is 4.74 Å². The van der Waals surface area contributed by atoms with Gasteiger partial charge in [-0.1, -0.05) is 12.1 Å². The van der Waals surface area contributed by atoms with Gasteiger partial charge in [0, 0.05) is 0 Å². The highest BCUT2D eigenvalue weighted by Gasteiger charge is 2.13. The predicted molar refractivity (Wildman–Crippen MR) is 52.1 cm³/mol. The molecule has 0 saturated carbocycles. The van der Waals surface area contributed by atoms with Gasteiger partial charge in [-0.3, -0.25) is 0 Å². The SMILES string of the molecule is COC(=O)/C(F)=C(\C)c1cccc(F)c1. The zero-order valence-corrected chi connectivity index (χ0v) is 8.38.